The van der Waals surface area contributed by atoms with Gasteiger partial charge in [-0.3, -0.25) is 0 Å². The number of nitrogens with one attached hydrogen (secondary N) is 1. The zero-order valence-corrected chi connectivity index (χ0v) is 12.3. The minimum absolute atomic E-state index is 0.340. The second-order valence-corrected chi connectivity index (χ2v) is 4.60. The molecule has 106 valence electrons. The summed E-state index contributed by atoms with van der Waals surface area (Å²) in [6, 6.07) is 5.53. The molecule has 0 radical (unpaired) electrons. The van der Waals surface area contributed by atoms with Crippen molar-refractivity contribution in [1.82, 2.24) is 14.8 Å². The number of aromatic nitrogens is 3. The van der Waals surface area contributed by atoms with Gasteiger partial charge in [0.1, 0.15) is 17.1 Å². The Bertz CT molecular complexity index is 611. The second-order valence-electron chi connectivity index (χ2n) is 4.16. The molecule has 0 amide bonds. The van der Waals surface area contributed by atoms with Gasteiger partial charge in [0.15, 0.2) is 5.82 Å². The van der Waals surface area contributed by atoms with E-state index < -0.39 is 0 Å². The van der Waals surface area contributed by atoms with Gasteiger partial charge in [-0.2, -0.15) is 0 Å². The molecule has 6 nitrogen and oxygen atoms in total. The van der Waals surface area contributed by atoms with E-state index in [0.717, 1.165) is 29.4 Å². The maximum Gasteiger partial charge on any atom is 0.152 e. The van der Waals surface area contributed by atoms with Gasteiger partial charge < -0.3 is 20.4 Å². The molecule has 0 atom stereocenters. The highest BCUT2D eigenvalue weighted by atomic mass is 32.1. The summed E-state index contributed by atoms with van der Waals surface area (Å²) >= 11 is 5.06. The molecular weight excluding hydrogens is 274 g/mol. The standard InChI is InChI=1S/C13H17N5OS/c1-3-18-8-16-17-12(18)7-15-11-6-9(19-2)4-5-10(11)13(14)20/h4-6,8,15H,3,7H2,1-2H3,(H2,14,20). The summed E-state index contributed by atoms with van der Waals surface area (Å²) < 4.78 is 7.18. The predicted octanol–water partition coefficient (Wildman–Crippen LogP) is 1.55. The highest BCUT2D eigenvalue weighted by Crippen LogP contribution is 2.23. The smallest absolute Gasteiger partial charge is 0.152 e. The zero-order valence-electron chi connectivity index (χ0n) is 11.5. The molecule has 0 aliphatic carbocycles. The number of hydrogen-bond acceptors (Lipinski definition) is 5. The molecule has 0 bridgehead atoms. The maximum atomic E-state index is 5.73. The molecule has 0 saturated carbocycles. The maximum absolute atomic E-state index is 5.73. The summed E-state index contributed by atoms with van der Waals surface area (Å²) in [7, 11) is 1.62. The van der Waals surface area contributed by atoms with E-state index in [4.69, 9.17) is 22.7 Å². The van der Waals surface area contributed by atoms with Crippen molar-refractivity contribution < 1.29 is 4.74 Å². The van der Waals surface area contributed by atoms with Crippen LogP contribution < -0.4 is 15.8 Å². The fourth-order valence-corrected chi connectivity index (χ4v) is 2.04. The molecule has 3 N–H and O–H groups in total. The summed E-state index contributed by atoms with van der Waals surface area (Å²) in [6.07, 6.45) is 1.71. The zero-order chi connectivity index (χ0) is 14.5. The van der Waals surface area contributed by atoms with Crippen molar-refractivity contribution in [3.63, 3.8) is 0 Å². The number of methoxy groups -OCH3 is 1. The van der Waals surface area contributed by atoms with Crippen LogP contribution in [-0.2, 0) is 13.1 Å². The lowest BCUT2D eigenvalue weighted by atomic mass is 10.1. The third-order valence-corrected chi connectivity index (χ3v) is 3.19. The summed E-state index contributed by atoms with van der Waals surface area (Å²) in [5, 5.41) is 11.2. The lowest BCUT2D eigenvalue weighted by Crippen LogP contribution is -2.14. The summed E-state index contributed by atoms with van der Waals surface area (Å²) in [5.41, 5.74) is 7.33. The van der Waals surface area contributed by atoms with Crippen molar-refractivity contribution in [1.29, 1.82) is 0 Å². The first-order valence-corrected chi connectivity index (χ1v) is 6.65. The Morgan fingerprint density at radius 3 is 2.95 bits per heavy atom. The number of aryl methyl sites for hydroxylation is 1. The molecule has 20 heavy (non-hydrogen) atoms. The molecule has 0 fully saturated rings. The Morgan fingerprint density at radius 1 is 1.50 bits per heavy atom. The van der Waals surface area contributed by atoms with E-state index >= 15 is 0 Å². The number of anilines is 1. The van der Waals surface area contributed by atoms with E-state index in [9.17, 15) is 0 Å². The Morgan fingerprint density at radius 2 is 2.30 bits per heavy atom. The van der Waals surface area contributed by atoms with Crippen LogP contribution in [0.25, 0.3) is 0 Å². The normalized spacial score (nSPS) is 10.3. The average molecular weight is 291 g/mol. The molecule has 7 heteroatoms. The summed E-state index contributed by atoms with van der Waals surface area (Å²) in [4.78, 5) is 0.340. The molecule has 0 aliphatic rings. The first kappa shape index (κ1) is 14.3. The van der Waals surface area contributed by atoms with E-state index in [0.29, 0.717) is 11.5 Å². The number of benzene rings is 1. The fraction of sp³-hybridized carbons (Fsp3) is 0.308. The number of nitrogens with zero attached hydrogens (tertiary/aromatic N) is 3. The Kier molecular flexibility index (Phi) is 4.52. The lowest BCUT2D eigenvalue weighted by molar-refractivity contribution is 0.415. The molecular formula is C13H17N5OS. The first-order valence-electron chi connectivity index (χ1n) is 6.24. The van der Waals surface area contributed by atoms with Crippen molar-refractivity contribution in [3.8, 4) is 5.75 Å². The molecule has 0 unspecified atom stereocenters. The fourth-order valence-electron chi connectivity index (χ4n) is 1.87. The van der Waals surface area contributed by atoms with Gasteiger partial charge in [0.2, 0.25) is 0 Å². The van der Waals surface area contributed by atoms with Crippen molar-refractivity contribution in [2.24, 2.45) is 5.73 Å². The first-order chi connectivity index (χ1) is 9.65. The third-order valence-electron chi connectivity index (χ3n) is 2.97. The van der Waals surface area contributed by atoms with Crippen molar-refractivity contribution in [2.45, 2.75) is 20.0 Å². The van der Waals surface area contributed by atoms with E-state index in [1.165, 1.54) is 0 Å². The van der Waals surface area contributed by atoms with Gasteiger partial charge in [0.25, 0.3) is 0 Å². The quantitative estimate of drug-likeness (QED) is 0.786. The predicted molar refractivity (Wildman–Crippen MR) is 81.9 cm³/mol. The van der Waals surface area contributed by atoms with E-state index in [2.05, 4.69) is 15.5 Å². The van der Waals surface area contributed by atoms with Gasteiger partial charge in [-0.1, -0.05) is 12.2 Å². The van der Waals surface area contributed by atoms with Gasteiger partial charge in [-0.25, -0.2) is 0 Å². The molecule has 2 rings (SSSR count). The van der Waals surface area contributed by atoms with Crippen molar-refractivity contribution >= 4 is 22.9 Å². The Balaban J connectivity index is 2.21. The number of thiocarbonyl (C=S) groups is 1. The molecule has 1 aromatic carbocycles. The van der Waals surface area contributed by atoms with Crippen LogP contribution in [0.4, 0.5) is 5.69 Å². The topological polar surface area (TPSA) is 78.0 Å². The molecule has 0 aliphatic heterocycles. The van der Waals surface area contributed by atoms with Crippen molar-refractivity contribution in [2.75, 3.05) is 12.4 Å². The summed E-state index contributed by atoms with van der Waals surface area (Å²) in [5.74, 6) is 1.59. The molecule has 0 spiro atoms. The van der Waals surface area contributed by atoms with Gasteiger partial charge in [-0.05, 0) is 19.1 Å². The largest absolute Gasteiger partial charge is 0.497 e. The van der Waals surface area contributed by atoms with Crippen LogP contribution in [-0.4, -0.2) is 26.9 Å². The summed E-state index contributed by atoms with van der Waals surface area (Å²) in [6.45, 7) is 3.40. The Hall–Kier alpha value is -2.15. The van der Waals surface area contributed by atoms with E-state index in [1.807, 2.05) is 29.7 Å². The molecule has 1 aromatic heterocycles. The number of ether oxygens (including phenoxy) is 1. The highest BCUT2D eigenvalue weighted by molar-refractivity contribution is 7.80. The number of rotatable bonds is 6. The van der Waals surface area contributed by atoms with Crippen LogP contribution in [0.15, 0.2) is 24.5 Å². The SMILES string of the molecule is CCn1cnnc1CNc1cc(OC)ccc1C(N)=S. The van der Waals surface area contributed by atoms with Crippen LogP contribution >= 0.6 is 12.2 Å². The van der Waals surface area contributed by atoms with Crippen LogP contribution in [0.5, 0.6) is 5.75 Å². The van der Waals surface area contributed by atoms with Gasteiger partial charge in [-0.15, -0.1) is 10.2 Å². The Labute approximate surface area is 123 Å². The number of hydrogen-bond donors (Lipinski definition) is 2. The minimum atomic E-state index is 0.340. The monoisotopic (exact) mass is 291 g/mol. The van der Waals surface area contributed by atoms with Crippen molar-refractivity contribution in [3.05, 3.63) is 35.9 Å². The van der Waals surface area contributed by atoms with Crippen LogP contribution in [0.1, 0.15) is 18.3 Å². The minimum Gasteiger partial charge on any atom is -0.497 e. The number of nitrogens with two attached hydrogens (primary N) is 1. The van der Waals surface area contributed by atoms with E-state index in [1.54, 1.807) is 13.4 Å². The lowest BCUT2D eigenvalue weighted by Gasteiger charge is -2.12. The van der Waals surface area contributed by atoms with Crippen LogP contribution in [0.3, 0.4) is 0 Å². The molecule has 2 aromatic rings. The highest BCUT2D eigenvalue weighted by Gasteiger charge is 2.09. The van der Waals surface area contributed by atoms with Gasteiger partial charge >= 0.3 is 0 Å². The second kappa shape index (κ2) is 6.33. The van der Waals surface area contributed by atoms with Gasteiger partial charge in [0.05, 0.1) is 13.7 Å². The molecule has 1 heterocycles. The van der Waals surface area contributed by atoms with Crippen LogP contribution in [0, 0.1) is 0 Å². The molecule has 0 saturated heterocycles. The van der Waals surface area contributed by atoms with Gasteiger partial charge in [0, 0.05) is 23.9 Å². The average Bonchev–Trinajstić information content (AvgIpc) is 2.91. The van der Waals surface area contributed by atoms with Crippen LogP contribution in [0.2, 0.25) is 0 Å². The van der Waals surface area contributed by atoms with E-state index in [-0.39, 0.29) is 0 Å². The third kappa shape index (κ3) is 3.05.